The summed E-state index contributed by atoms with van der Waals surface area (Å²) in [6.45, 7) is 11.6. The maximum Gasteiger partial charge on any atom is 0.241 e. The zero-order chi connectivity index (χ0) is 20.4. The van der Waals surface area contributed by atoms with E-state index >= 15 is 0 Å². The second-order valence-electron chi connectivity index (χ2n) is 7.22. The minimum Gasteiger partial charge on any atom is -0.496 e. The highest BCUT2D eigenvalue weighted by Crippen LogP contribution is 2.30. The Kier molecular flexibility index (Phi) is 10.3. The lowest BCUT2D eigenvalue weighted by molar-refractivity contribution is 0.0928. The lowest BCUT2D eigenvalue weighted by atomic mass is 10.0. The maximum absolute atomic E-state index is 12.7. The van der Waals surface area contributed by atoms with Gasteiger partial charge in [-0.1, -0.05) is 33.1 Å². The standard InChI is InChI=1S/C21H37NO4S/c1-7-9-11-19(8-2)15-26-13-10-12-22-27(23,24)21-16(3)14-20(25-6)17(4)18(21)5/h14,19,22H,7-13,15H2,1-6H3. The third-order valence-electron chi connectivity index (χ3n) is 5.12. The molecule has 0 heterocycles. The molecule has 1 N–H and O–H groups in total. The fraction of sp³-hybridized carbons (Fsp3) is 0.714. The number of nitrogens with one attached hydrogen (secondary N) is 1. The van der Waals surface area contributed by atoms with Crippen LogP contribution >= 0.6 is 0 Å². The number of aryl methyl sites for hydroxylation is 1. The van der Waals surface area contributed by atoms with Gasteiger partial charge in [0, 0.05) is 19.8 Å². The van der Waals surface area contributed by atoms with Gasteiger partial charge in [-0.2, -0.15) is 0 Å². The van der Waals surface area contributed by atoms with Gasteiger partial charge in [-0.25, -0.2) is 13.1 Å². The molecule has 156 valence electrons. The Labute approximate surface area is 165 Å². The number of benzene rings is 1. The molecule has 1 aromatic rings. The van der Waals surface area contributed by atoms with E-state index in [2.05, 4.69) is 18.6 Å². The van der Waals surface area contributed by atoms with Crippen molar-refractivity contribution in [2.75, 3.05) is 26.9 Å². The third-order valence-corrected chi connectivity index (χ3v) is 6.87. The van der Waals surface area contributed by atoms with Crippen molar-refractivity contribution in [1.82, 2.24) is 4.72 Å². The number of hydrogen-bond acceptors (Lipinski definition) is 4. The molecule has 0 amide bonds. The number of methoxy groups -OCH3 is 1. The first kappa shape index (κ1) is 23.9. The van der Waals surface area contributed by atoms with E-state index in [1.54, 1.807) is 20.1 Å². The van der Waals surface area contributed by atoms with Crippen LogP contribution in [0.4, 0.5) is 0 Å². The Morgan fingerprint density at radius 1 is 1.11 bits per heavy atom. The quantitative estimate of drug-likeness (QED) is 0.495. The normalized spacial score (nSPS) is 13.0. The lowest BCUT2D eigenvalue weighted by Crippen LogP contribution is -2.27. The maximum atomic E-state index is 12.7. The monoisotopic (exact) mass is 399 g/mol. The zero-order valence-corrected chi connectivity index (χ0v) is 18.7. The molecule has 0 radical (unpaired) electrons. The van der Waals surface area contributed by atoms with Gasteiger partial charge in [0.2, 0.25) is 10.0 Å². The van der Waals surface area contributed by atoms with Crippen molar-refractivity contribution >= 4 is 10.0 Å². The highest BCUT2D eigenvalue weighted by molar-refractivity contribution is 7.89. The Morgan fingerprint density at radius 2 is 1.81 bits per heavy atom. The van der Waals surface area contributed by atoms with E-state index in [0.717, 1.165) is 24.2 Å². The predicted octanol–water partition coefficient (Wildman–Crippen LogP) is 4.52. The summed E-state index contributed by atoms with van der Waals surface area (Å²) in [6.07, 6.45) is 5.44. The smallest absolute Gasteiger partial charge is 0.241 e. The Bertz CT molecular complexity index is 686. The molecule has 0 spiro atoms. The summed E-state index contributed by atoms with van der Waals surface area (Å²) in [5.74, 6) is 1.32. The van der Waals surface area contributed by atoms with E-state index in [1.807, 2.05) is 13.8 Å². The van der Waals surface area contributed by atoms with Gasteiger partial charge in [0.15, 0.2) is 0 Å². The van der Waals surface area contributed by atoms with Gasteiger partial charge in [-0.05, 0) is 62.3 Å². The summed E-state index contributed by atoms with van der Waals surface area (Å²) in [7, 11) is -1.95. The minimum atomic E-state index is -3.55. The first-order valence-corrected chi connectivity index (χ1v) is 11.5. The molecule has 0 fully saturated rings. The molecule has 0 aliphatic carbocycles. The number of rotatable bonds is 13. The van der Waals surface area contributed by atoms with Gasteiger partial charge >= 0.3 is 0 Å². The van der Waals surface area contributed by atoms with Crippen LogP contribution < -0.4 is 9.46 Å². The molecule has 0 saturated heterocycles. The molecule has 1 rings (SSSR count). The fourth-order valence-corrected chi connectivity index (χ4v) is 4.84. The van der Waals surface area contributed by atoms with E-state index in [4.69, 9.17) is 9.47 Å². The molecule has 6 heteroatoms. The van der Waals surface area contributed by atoms with E-state index in [1.165, 1.54) is 19.3 Å². The molecule has 5 nitrogen and oxygen atoms in total. The van der Waals surface area contributed by atoms with Gasteiger partial charge in [0.1, 0.15) is 5.75 Å². The van der Waals surface area contributed by atoms with Crippen molar-refractivity contribution in [3.8, 4) is 5.75 Å². The molecular weight excluding hydrogens is 362 g/mol. The van der Waals surface area contributed by atoms with Crippen LogP contribution in [-0.4, -0.2) is 35.3 Å². The van der Waals surface area contributed by atoms with Crippen LogP contribution in [0.5, 0.6) is 5.75 Å². The van der Waals surface area contributed by atoms with Crippen LogP contribution in [0.2, 0.25) is 0 Å². The van der Waals surface area contributed by atoms with E-state index in [-0.39, 0.29) is 0 Å². The zero-order valence-electron chi connectivity index (χ0n) is 17.9. The number of unbranched alkanes of at least 4 members (excludes halogenated alkanes) is 1. The fourth-order valence-electron chi connectivity index (χ4n) is 3.25. The van der Waals surface area contributed by atoms with E-state index < -0.39 is 10.0 Å². The van der Waals surface area contributed by atoms with Crippen LogP contribution in [0.15, 0.2) is 11.0 Å². The van der Waals surface area contributed by atoms with Crippen molar-refractivity contribution in [1.29, 1.82) is 0 Å². The Balaban J connectivity index is 2.55. The van der Waals surface area contributed by atoms with E-state index in [9.17, 15) is 8.42 Å². The van der Waals surface area contributed by atoms with Gasteiger partial charge in [-0.15, -0.1) is 0 Å². The van der Waals surface area contributed by atoms with Crippen LogP contribution in [0, 0.1) is 26.7 Å². The topological polar surface area (TPSA) is 64.6 Å². The van der Waals surface area contributed by atoms with Gasteiger partial charge in [0.05, 0.1) is 12.0 Å². The van der Waals surface area contributed by atoms with Crippen molar-refractivity contribution in [3.63, 3.8) is 0 Å². The number of hydrogen-bond donors (Lipinski definition) is 1. The van der Waals surface area contributed by atoms with Crippen LogP contribution in [0.3, 0.4) is 0 Å². The van der Waals surface area contributed by atoms with Crippen molar-refractivity contribution < 1.29 is 17.9 Å². The average molecular weight is 400 g/mol. The highest BCUT2D eigenvalue weighted by atomic mass is 32.2. The number of sulfonamides is 1. The van der Waals surface area contributed by atoms with Gasteiger partial charge in [-0.3, -0.25) is 0 Å². The average Bonchev–Trinajstić information content (AvgIpc) is 2.63. The van der Waals surface area contributed by atoms with Crippen molar-refractivity contribution in [2.24, 2.45) is 5.92 Å². The predicted molar refractivity (Wildman–Crippen MR) is 111 cm³/mol. The molecule has 0 aliphatic rings. The molecule has 0 saturated carbocycles. The minimum absolute atomic E-state index is 0.354. The summed E-state index contributed by atoms with van der Waals surface area (Å²) in [5, 5.41) is 0. The van der Waals surface area contributed by atoms with E-state index in [0.29, 0.717) is 41.7 Å². The van der Waals surface area contributed by atoms with Crippen molar-refractivity contribution in [3.05, 3.63) is 22.8 Å². The summed E-state index contributed by atoms with van der Waals surface area (Å²) in [4.78, 5) is 0.354. The molecule has 1 aromatic carbocycles. The largest absolute Gasteiger partial charge is 0.496 e. The van der Waals surface area contributed by atoms with Crippen LogP contribution in [0.1, 0.15) is 62.6 Å². The number of ether oxygens (including phenoxy) is 2. The first-order chi connectivity index (χ1) is 12.8. The Morgan fingerprint density at radius 3 is 2.41 bits per heavy atom. The second kappa shape index (κ2) is 11.7. The van der Waals surface area contributed by atoms with Crippen molar-refractivity contribution in [2.45, 2.75) is 71.6 Å². The van der Waals surface area contributed by atoms with Gasteiger partial charge < -0.3 is 9.47 Å². The SMILES string of the molecule is CCCCC(CC)COCCCNS(=O)(=O)c1c(C)cc(OC)c(C)c1C. The second-order valence-corrected chi connectivity index (χ2v) is 8.92. The molecule has 27 heavy (non-hydrogen) atoms. The summed E-state index contributed by atoms with van der Waals surface area (Å²) in [6, 6.07) is 1.78. The summed E-state index contributed by atoms with van der Waals surface area (Å²) < 4.78 is 39.3. The first-order valence-electron chi connectivity index (χ1n) is 10.0. The lowest BCUT2D eigenvalue weighted by Gasteiger charge is -2.17. The molecular formula is C21H37NO4S. The molecule has 1 atom stereocenters. The van der Waals surface area contributed by atoms with Crippen LogP contribution in [-0.2, 0) is 14.8 Å². The summed E-state index contributed by atoms with van der Waals surface area (Å²) in [5.41, 5.74) is 2.28. The molecule has 0 aliphatic heterocycles. The molecule has 0 bridgehead atoms. The highest BCUT2D eigenvalue weighted by Gasteiger charge is 2.22. The third kappa shape index (κ3) is 7.09. The molecule has 0 aromatic heterocycles. The molecule has 1 unspecified atom stereocenters. The Hall–Kier alpha value is -1.11. The van der Waals surface area contributed by atoms with Crippen LogP contribution in [0.25, 0.3) is 0 Å². The van der Waals surface area contributed by atoms with Gasteiger partial charge in [0.25, 0.3) is 0 Å². The summed E-state index contributed by atoms with van der Waals surface area (Å²) >= 11 is 0.